The minimum atomic E-state index is -3.26. The maximum absolute atomic E-state index is 14.7. The van der Waals surface area contributed by atoms with Gasteiger partial charge in [-0.25, -0.2) is 17.2 Å². The molecule has 12 heteroatoms. The Hall–Kier alpha value is -4.32. The zero-order valence-corrected chi connectivity index (χ0v) is 20.8. The van der Waals surface area contributed by atoms with Crippen LogP contribution in [0.3, 0.4) is 0 Å². The highest BCUT2D eigenvalue weighted by atomic mass is 32.2. The Morgan fingerprint density at radius 2 is 1.84 bits per heavy atom. The second kappa shape index (κ2) is 9.86. The molecule has 0 radical (unpaired) electrons. The van der Waals surface area contributed by atoms with Crippen molar-refractivity contribution in [3.63, 3.8) is 0 Å². The highest BCUT2D eigenvalue weighted by Crippen LogP contribution is 2.48. The Labute approximate surface area is 216 Å². The summed E-state index contributed by atoms with van der Waals surface area (Å²) < 4.78 is 60.0. The molecule has 9 nitrogen and oxygen atoms in total. The molecule has 0 aliphatic heterocycles. The Balaban J connectivity index is 1.67. The molecule has 0 saturated heterocycles. The van der Waals surface area contributed by atoms with Gasteiger partial charge in [-0.05, 0) is 60.7 Å². The molecule has 196 valence electrons. The first-order chi connectivity index (χ1) is 18.2. The molecule has 1 aliphatic carbocycles. The molecule has 1 saturated carbocycles. The Bertz CT molecular complexity index is 1650. The van der Waals surface area contributed by atoms with Gasteiger partial charge in [-0.15, -0.1) is 0 Å². The molecule has 0 unspecified atom stereocenters. The summed E-state index contributed by atoms with van der Waals surface area (Å²) in [6.07, 6.45) is 1.59. The van der Waals surface area contributed by atoms with Crippen LogP contribution in [0, 0.1) is 21.7 Å². The van der Waals surface area contributed by atoms with E-state index in [9.17, 15) is 32.1 Å². The number of furan rings is 1. The quantitative estimate of drug-likeness (QED) is 0.183. The van der Waals surface area contributed by atoms with Crippen LogP contribution in [-0.4, -0.2) is 26.3 Å². The number of nitrogens with zero attached hydrogens (tertiary/aromatic N) is 2. The normalized spacial score (nSPS) is 13.2. The van der Waals surface area contributed by atoms with E-state index in [0.29, 0.717) is 16.5 Å². The van der Waals surface area contributed by atoms with Gasteiger partial charge in [0.2, 0.25) is 10.9 Å². The average Bonchev–Trinajstić information content (AvgIpc) is 3.67. The van der Waals surface area contributed by atoms with E-state index < -0.39 is 45.6 Å². The predicted molar refractivity (Wildman–Crippen MR) is 137 cm³/mol. The maximum Gasteiger partial charge on any atom is 0.272 e. The largest absolute Gasteiger partial charge is 0.455 e. The fraction of sp³-hybridized carbons (Fsp3) is 0.192. The van der Waals surface area contributed by atoms with Crippen molar-refractivity contribution in [2.24, 2.45) is 0 Å². The molecule has 0 bridgehead atoms. The minimum Gasteiger partial charge on any atom is -0.455 e. The van der Waals surface area contributed by atoms with Crippen molar-refractivity contribution in [1.29, 1.82) is 0 Å². The van der Waals surface area contributed by atoms with Gasteiger partial charge < -0.3 is 9.73 Å². The molecule has 1 amide bonds. The van der Waals surface area contributed by atoms with Gasteiger partial charge in [-0.1, -0.05) is 0 Å². The number of carbonyl (C=O) groups excluding carboxylic acids is 1. The van der Waals surface area contributed by atoms with E-state index in [1.165, 1.54) is 43.4 Å². The van der Waals surface area contributed by atoms with E-state index >= 15 is 0 Å². The first-order valence-corrected chi connectivity index (χ1v) is 12.7. The summed E-state index contributed by atoms with van der Waals surface area (Å²) in [6.45, 7) is -0.401. The first kappa shape index (κ1) is 25.3. The molecule has 0 spiro atoms. The molecule has 1 fully saturated rings. The topological polar surface area (TPSA) is 123 Å². The van der Waals surface area contributed by atoms with Crippen LogP contribution in [0.5, 0.6) is 0 Å². The smallest absolute Gasteiger partial charge is 0.272 e. The monoisotopic (exact) mass is 541 g/mol. The highest BCUT2D eigenvalue weighted by molar-refractivity contribution is 7.74. The van der Waals surface area contributed by atoms with Crippen molar-refractivity contribution in [3.8, 4) is 11.3 Å². The summed E-state index contributed by atoms with van der Waals surface area (Å²) in [5.41, 5.74) is 1.31. The minimum absolute atomic E-state index is 0.0234. The molecule has 38 heavy (non-hydrogen) atoms. The lowest BCUT2D eigenvalue weighted by molar-refractivity contribution is -0.385. The van der Waals surface area contributed by atoms with Crippen LogP contribution < -0.4 is 9.62 Å². The van der Waals surface area contributed by atoms with Crippen LogP contribution >= 0.6 is 0 Å². The van der Waals surface area contributed by atoms with Gasteiger partial charge in [0.15, 0.2) is 0 Å². The summed E-state index contributed by atoms with van der Waals surface area (Å²) in [7, 11) is -1.79. The maximum atomic E-state index is 14.7. The zero-order valence-electron chi connectivity index (χ0n) is 19.9. The molecule has 5 rings (SSSR count). The Morgan fingerprint density at radius 1 is 1.13 bits per heavy atom. The van der Waals surface area contributed by atoms with E-state index in [4.69, 9.17) is 4.42 Å². The molecular formula is C26H21F2N3O6S. The number of nitro groups is 1. The van der Waals surface area contributed by atoms with Crippen LogP contribution in [0.15, 0.2) is 59.0 Å². The Morgan fingerprint density at radius 3 is 2.42 bits per heavy atom. The van der Waals surface area contributed by atoms with Gasteiger partial charge in [0.05, 0.1) is 28.8 Å². The zero-order chi connectivity index (χ0) is 27.1. The molecule has 1 aliphatic rings. The second-order valence-electron chi connectivity index (χ2n) is 8.90. The molecule has 4 aromatic rings. The number of hydrogen-bond donors (Lipinski definition) is 2. The number of rotatable bonds is 8. The number of nitro benzene ring substituents is 1. The molecule has 1 N–H and O–H groups in total. The number of thiol groups is 1. The van der Waals surface area contributed by atoms with Crippen LogP contribution in [-0.2, 0) is 17.4 Å². The lowest BCUT2D eigenvalue weighted by Gasteiger charge is -2.21. The number of anilines is 1. The second-order valence-corrected chi connectivity index (χ2v) is 9.86. The molecular weight excluding hydrogens is 520 g/mol. The van der Waals surface area contributed by atoms with Crippen molar-refractivity contribution in [3.05, 3.63) is 93.0 Å². The van der Waals surface area contributed by atoms with Crippen molar-refractivity contribution >= 4 is 39.1 Å². The highest BCUT2D eigenvalue weighted by Gasteiger charge is 2.32. The van der Waals surface area contributed by atoms with Crippen molar-refractivity contribution in [2.45, 2.75) is 25.3 Å². The van der Waals surface area contributed by atoms with Gasteiger partial charge in [0, 0.05) is 35.7 Å². The molecule has 1 heterocycles. The van der Waals surface area contributed by atoms with E-state index in [2.05, 4.69) is 5.32 Å². The SMILES string of the molecule is CNC(=O)c1c(-c2ccc(F)cc2)oc2cc(N(Cc3ccc([N+](=O)[O-])cc3F)[SH](=O)=O)c(C3CC3)cc12. The number of halogens is 2. The van der Waals surface area contributed by atoms with Crippen LogP contribution in [0.25, 0.3) is 22.3 Å². The van der Waals surface area contributed by atoms with Crippen LogP contribution in [0.4, 0.5) is 20.2 Å². The van der Waals surface area contributed by atoms with E-state index in [-0.39, 0.29) is 34.1 Å². The lowest BCUT2D eigenvalue weighted by atomic mass is 10.00. The number of non-ortho nitro benzene ring substituents is 1. The van der Waals surface area contributed by atoms with Crippen LogP contribution in [0.2, 0.25) is 0 Å². The fourth-order valence-corrected chi connectivity index (χ4v) is 5.04. The van der Waals surface area contributed by atoms with Gasteiger partial charge >= 0.3 is 0 Å². The van der Waals surface area contributed by atoms with Gasteiger partial charge in [-0.2, -0.15) is 0 Å². The van der Waals surface area contributed by atoms with Crippen molar-refractivity contribution in [2.75, 3.05) is 11.4 Å². The van der Waals surface area contributed by atoms with Crippen molar-refractivity contribution in [1.82, 2.24) is 5.32 Å². The number of nitrogens with one attached hydrogen (secondary N) is 1. The van der Waals surface area contributed by atoms with E-state index in [1.54, 1.807) is 6.07 Å². The molecule has 1 aromatic heterocycles. The summed E-state index contributed by atoms with van der Waals surface area (Å²) in [4.78, 5) is 23.1. The average molecular weight is 542 g/mol. The van der Waals surface area contributed by atoms with Gasteiger partial charge in [0.25, 0.3) is 11.6 Å². The number of fused-ring (bicyclic) bond motifs is 1. The van der Waals surface area contributed by atoms with Gasteiger partial charge in [-0.3, -0.25) is 19.2 Å². The third-order valence-corrected chi connectivity index (χ3v) is 7.21. The third-order valence-electron chi connectivity index (χ3n) is 6.46. The predicted octanol–water partition coefficient (Wildman–Crippen LogP) is 5.06. The summed E-state index contributed by atoms with van der Waals surface area (Å²) >= 11 is 0. The first-order valence-electron chi connectivity index (χ1n) is 11.6. The summed E-state index contributed by atoms with van der Waals surface area (Å²) in [5.74, 6) is -1.59. The summed E-state index contributed by atoms with van der Waals surface area (Å²) in [5, 5.41) is 14.0. The lowest BCUT2D eigenvalue weighted by Crippen LogP contribution is -2.22. The van der Waals surface area contributed by atoms with Crippen LogP contribution in [0.1, 0.15) is 40.2 Å². The Kier molecular flexibility index (Phi) is 6.57. The number of hydrogen-bond acceptors (Lipinski definition) is 6. The standard InChI is InChI=1S/C26H21F2N3O6S/c1-29-26(32)24-20-11-19(14-2-3-14)22(12-23(20)37-25(24)15-4-7-17(27)8-5-15)30(38(35)36)13-16-6-9-18(31(33)34)10-21(16)28/h4-12,14,38H,2-3,13H2,1H3,(H,29,32). The third kappa shape index (κ3) is 4.70. The van der Waals surface area contributed by atoms with E-state index in [0.717, 1.165) is 29.3 Å². The van der Waals surface area contributed by atoms with Gasteiger partial charge in [0.1, 0.15) is 23.0 Å². The number of carbonyl (C=O) groups is 1. The fourth-order valence-electron chi connectivity index (χ4n) is 4.42. The molecule has 0 atom stereocenters. The van der Waals surface area contributed by atoms with E-state index in [1.807, 2.05) is 0 Å². The molecule has 3 aromatic carbocycles. The summed E-state index contributed by atoms with van der Waals surface area (Å²) in [6, 6.07) is 11.7. The van der Waals surface area contributed by atoms with Crippen molar-refractivity contribution < 1.29 is 31.3 Å². The number of amides is 1. The number of benzene rings is 3.